The standard InChI is InChI=1S/C18H19N3OS/c1-18(2,3)14-9-7-13(8-10-14)15(22)12-23-17-20-19-16-6-4-5-11-21(16)17/h4-11H,12H2,1-3H3. The maximum absolute atomic E-state index is 12.4. The first-order valence-electron chi connectivity index (χ1n) is 7.51. The van der Waals surface area contributed by atoms with Crippen molar-refractivity contribution in [3.8, 4) is 0 Å². The minimum Gasteiger partial charge on any atom is -0.293 e. The summed E-state index contributed by atoms with van der Waals surface area (Å²) in [4.78, 5) is 12.4. The molecule has 0 saturated carbocycles. The fourth-order valence-electron chi connectivity index (χ4n) is 2.29. The Morgan fingerprint density at radius 2 is 1.83 bits per heavy atom. The van der Waals surface area contributed by atoms with Crippen LogP contribution < -0.4 is 0 Å². The Hall–Kier alpha value is -2.14. The maximum atomic E-state index is 12.4. The Labute approximate surface area is 139 Å². The fraction of sp³-hybridized carbons (Fsp3) is 0.278. The summed E-state index contributed by atoms with van der Waals surface area (Å²) >= 11 is 1.41. The van der Waals surface area contributed by atoms with Gasteiger partial charge < -0.3 is 0 Å². The number of hydrogen-bond acceptors (Lipinski definition) is 4. The van der Waals surface area contributed by atoms with Crippen molar-refractivity contribution >= 4 is 23.2 Å². The summed E-state index contributed by atoms with van der Waals surface area (Å²) in [5.74, 6) is 0.452. The third kappa shape index (κ3) is 3.45. The monoisotopic (exact) mass is 325 g/mol. The smallest absolute Gasteiger partial charge is 0.196 e. The molecule has 5 heteroatoms. The lowest BCUT2D eigenvalue weighted by atomic mass is 9.86. The zero-order valence-electron chi connectivity index (χ0n) is 13.5. The van der Waals surface area contributed by atoms with Crippen molar-refractivity contribution < 1.29 is 4.79 Å². The van der Waals surface area contributed by atoms with Crippen molar-refractivity contribution in [1.29, 1.82) is 0 Å². The van der Waals surface area contributed by atoms with Crippen molar-refractivity contribution in [2.75, 3.05) is 5.75 Å². The van der Waals surface area contributed by atoms with Gasteiger partial charge in [-0.25, -0.2) is 0 Å². The van der Waals surface area contributed by atoms with Gasteiger partial charge in [0.05, 0.1) is 5.75 Å². The molecular formula is C18H19N3OS. The summed E-state index contributed by atoms with van der Waals surface area (Å²) in [6.07, 6.45) is 1.90. The molecule has 0 aliphatic carbocycles. The number of hydrogen-bond donors (Lipinski definition) is 0. The van der Waals surface area contributed by atoms with E-state index in [4.69, 9.17) is 0 Å². The SMILES string of the molecule is CC(C)(C)c1ccc(C(=O)CSc2nnc3ccccn23)cc1. The normalized spacial score (nSPS) is 11.8. The van der Waals surface area contributed by atoms with Gasteiger partial charge in [0.1, 0.15) is 0 Å². The van der Waals surface area contributed by atoms with Crippen LogP contribution in [0, 0.1) is 0 Å². The van der Waals surface area contributed by atoms with Gasteiger partial charge in [-0.15, -0.1) is 10.2 Å². The molecule has 4 nitrogen and oxygen atoms in total. The Morgan fingerprint density at radius 1 is 1.09 bits per heavy atom. The Morgan fingerprint density at radius 3 is 2.52 bits per heavy atom. The van der Waals surface area contributed by atoms with Crippen molar-refractivity contribution in [3.05, 3.63) is 59.8 Å². The fourth-order valence-corrected chi connectivity index (χ4v) is 3.11. The van der Waals surface area contributed by atoms with Crippen LogP contribution >= 0.6 is 11.8 Å². The number of benzene rings is 1. The van der Waals surface area contributed by atoms with E-state index in [0.717, 1.165) is 16.4 Å². The van der Waals surface area contributed by atoms with E-state index in [1.165, 1.54) is 17.3 Å². The van der Waals surface area contributed by atoms with Crippen molar-refractivity contribution in [2.45, 2.75) is 31.3 Å². The highest BCUT2D eigenvalue weighted by atomic mass is 32.2. The maximum Gasteiger partial charge on any atom is 0.196 e. The van der Waals surface area contributed by atoms with E-state index in [9.17, 15) is 4.79 Å². The van der Waals surface area contributed by atoms with Crippen LogP contribution in [0.3, 0.4) is 0 Å². The van der Waals surface area contributed by atoms with Crippen LogP contribution in [0.25, 0.3) is 5.65 Å². The van der Waals surface area contributed by atoms with Crippen LogP contribution in [-0.2, 0) is 5.41 Å². The zero-order valence-corrected chi connectivity index (χ0v) is 14.3. The molecule has 0 aliphatic rings. The second-order valence-electron chi connectivity index (χ2n) is 6.45. The van der Waals surface area contributed by atoms with Crippen molar-refractivity contribution in [3.63, 3.8) is 0 Å². The van der Waals surface area contributed by atoms with Crippen LogP contribution in [0.15, 0.2) is 53.8 Å². The molecular weight excluding hydrogens is 306 g/mol. The predicted octanol–water partition coefficient (Wildman–Crippen LogP) is 4.00. The molecule has 118 valence electrons. The van der Waals surface area contributed by atoms with Gasteiger partial charge in [0, 0.05) is 11.8 Å². The predicted molar refractivity (Wildman–Crippen MR) is 93.2 cm³/mol. The molecule has 0 radical (unpaired) electrons. The number of nitrogens with zero attached hydrogens (tertiary/aromatic N) is 3. The number of carbonyl (C=O) groups is 1. The van der Waals surface area contributed by atoms with Gasteiger partial charge in [0.25, 0.3) is 0 Å². The molecule has 0 aliphatic heterocycles. The van der Waals surface area contributed by atoms with Crippen molar-refractivity contribution in [2.24, 2.45) is 0 Å². The number of ketones is 1. The number of aromatic nitrogens is 3. The second kappa shape index (κ2) is 6.16. The molecule has 0 atom stereocenters. The first-order valence-corrected chi connectivity index (χ1v) is 8.50. The number of rotatable bonds is 4. The van der Waals surface area contributed by atoms with E-state index in [2.05, 4.69) is 31.0 Å². The van der Waals surface area contributed by atoms with E-state index in [-0.39, 0.29) is 11.2 Å². The Balaban J connectivity index is 1.70. The van der Waals surface area contributed by atoms with Crippen LogP contribution in [-0.4, -0.2) is 26.1 Å². The first-order chi connectivity index (χ1) is 10.9. The Kier molecular flexibility index (Phi) is 4.22. The summed E-state index contributed by atoms with van der Waals surface area (Å²) in [6, 6.07) is 13.6. The molecule has 3 rings (SSSR count). The minimum absolute atomic E-state index is 0.0940. The average Bonchev–Trinajstić information content (AvgIpc) is 2.95. The van der Waals surface area contributed by atoms with Gasteiger partial charge in [-0.05, 0) is 23.1 Å². The lowest BCUT2D eigenvalue weighted by molar-refractivity contribution is 0.102. The topological polar surface area (TPSA) is 47.3 Å². The second-order valence-corrected chi connectivity index (χ2v) is 7.39. The molecule has 0 amide bonds. The largest absolute Gasteiger partial charge is 0.293 e. The Bertz CT molecular complexity index is 831. The highest BCUT2D eigenvalue weighted by Crippen LogP contribution is 2.23. The summed E-state index contributed by atoms with van der Waals surface area (Å²) < 4.78 is 1.89. The molecule has 1 aromatic carbocycles. The molecule has 2 heterocycles. The zero-order chi connectivity index (χ0) is 16.4. The van der Waals surface area contributed by atoms with Crippen LogP contribution in [0.2, 0.25) is 0 Å². The highest BCUT2D eigenvalue weighted by molar-refractivity contribution is 7.99. The molecule has 0 fully saturated rings. The molecule has 0 N–H and O–H groups in total. The number of thioether (sulfide) groups is 1. The lowest BCUT2D eigenvalue weighted by Gasteiger charge is -2.18. The number of Topliss-reactive ketones (excluding diaryl/α,β-unsaturated/α-hetero) is 1. The molecule has 0 saturated heterocycles. The van der Waals surface area contributed by atoms with E-state index < -0.39 is 0 Å². The van der Waals surface area contributed by atoms with Gasteiger partial charge >= 0.3 is 0 Å². The molecule has 23 heavy (non-hydrogen) atoms. The molecule has 2 aromatic heterocycles. The number of fused-ring (bicyclic) bond motifs is 1. The molecule has 0 spiro atoms. The van der Waals surface area contributed by atoms with Gasteiger partial charge in [-0.1, -0.05) is 62.9 Å². The van der Waals surface area contributed by atoms with Crippen molar-refractivity contribution in [1.82, 2.24) is 14.6 Å². The summed E-state index contributed by atoms with van der Waals surface area (Å²) in [7, 11) is 0. The quantitative estimate of drug-likeness (QED) is 0.537. The van der Waals surface area contributed by atoms with E-state index in [1.54, 1.807) is 0 Å². The third-order valence-corrected chi connectivity index (χ3v) is 4.63. The van der Waals surface area contributed by atoms with Crippen LogP contribution in [0.1, 0.15) is 36.7 Å². The van der Waals surface area contributed by atoms with Gasteiger partial charge in [-0.2, -0.15) is 0 Å². The average molecular weight is 325 g/mol. The molecule has 3 aromatic rings. The molecule has 0 unspecified atom stereocenters. The summed E-state index contributed by atoms with van der Waals surface area (Å²) in [5.41, 5.74) is 2.85. The van der Waals surface area contributed by atoms with E-state index >= 15 is 0 Å². The number of pyridine rings is 1. The van der Waals surface area contributed by atoms with Crippen LogP contribution in [0.4, 0.5) is 0 Å². The summed E-state index contributed by atoms with van der Waals surface area (Å²) in [5, 5.41) is 8.96. The first kappa shape index (κ1) is 15.7. The number of carbonyl (C=O) groups excluding carboxylic acids is 1. The van der Waals surface area contributed by atoms with Gasteiger partial charge in [-0.3, -0.25) is 9.20 Å². The summed E-state index contributed by atoms with van der Waals surface area (Å²) in [6.45, 7) is 6.49. The minimum atomic E-state index is 0.0940. The van der Waals surface area contributed by atoms with Crippen LogP contribution in [0.5, 0.6) is 0 Å². The highest BCUT2D eigenvalue weighted by Gasteiger charge is 2.15. The van der Waals surface area contributed by atoms with E-state index in [0.29, 0.717) is 5.75 Å². The lowest BCUT2D eigenvalue weighted by Crippen LogP contribution is -2.11. The van der Waals surface area contributed by atoms with Gasteiger partial charge in [0.15, 0.2) is 16.6 Å². The molecule has 0 bridgehead atoms. The third-order valence-electron chi connectivity index (χ3n) is 3.69. The van der Waals surface area contributed by atoms with E-state index in [1.807, 2.05) is 53.1 Å². The van der Waals surface area contributed by atoms with Gasteiger partial charge in [0.2, 0.25) is 0 Å².